The number of aromatic nitrogens is 2. The highest BCUT2D eigenvalue weighted by molar-refractivity contribution is 6.06. The van der Waals surface area contributed by atoms with Crippen LogP contribution in [0.25, 0.3) is 0 Å². The second-order valence-corrected chi connectivity index (χ2v) is 4.60. The lowest BCUT2D eigenvalue weighted by Crippen LogP contribution is -2.13. The molecule has 7 heteroatoms. The predicted octanol–water partition coefficient (Wildman–Crippen LogP) is 2.06. The molecule has 112 valence electrons. The fourth-order valence-corrected chi connectivity index (χ4v) is 2.04. The Morgan fingerprint density at radius 2 is 2.14 bits per heavy atom. The summed E-state index contributed by atoms with van der Waals surface area (Å²) < 4.78 is 11.5. The number of amides is 1. The van der Waals surface area contributed by atoms with E-state index in [1.807, 2.05) is 0 Å². The molecule has 0 aliphatic carbocycles. The van der Waals surface area contributed by atoms with Crippen molar-refractivity contribution >= 4 is 17.6 Å². The quantitative estimate of drug-likeness (QED) is 0.871. The van der Waals surface area contributed by atoms with E-state index >= 15 is 0 Å². The average Bonchev–Trinajstić information content (AvgIpc) is 2.93. The summed E-state index contributed by atoms with van der Waals surface area (Å²) in [6, 6.07) is 1.56. The summed E-state index contributed by atoms with van der Waals surface area (Å²) in [5.41, 5.74) is 1.79. The van der Waals surface area contributed by atoms with Gasteiger partial charge in [0, 0.05) is 13.2 Å². The molecule has 7 nitrogen and oxygen atoms in total. The molecule has 0 saturated carbocycles. The summed E-state index contributed by atoms with van der Waals surface area (Å²) in [5.74, 6) is -0.309. The van der Waals surface area contributed by atoms with E-state index in [0.29, 0.717) is 35.0 Å². The molecule has 0 spiro atoms. The average molecular weight is 291 g/mol. The lowest BCUT2D eigenvalue weighted by Gasteiger charge is -2.01. The van der Waals surface area contributed by atoms with Gasteiger partial charge in [-0.2, -0.15) is 0 Å². The van der Waals surface area contributed by atoms with Gasteiger partial charge in [0.25, 0.3) is 5.91 Å². The minimum atomic E-state index is -0.433. The van der Waals surface area contributed by atoms with E-state index in [1.165, 1.54) is 0 Å². The molecular weight excluding hydrogens is 274 g/mol. The molecule has 0 aliphatic heterocycles. The highest BCUT2D eigenvalue weighted by Crippen LogP contribution is 2.18. The van der Waals surface area contributed by atoms with Crippen molar-refractivity contribution in [3.05, 3.63) is 35.0 Å². The van der Waals surface area contributed by atoms with E-state index in [9.17, 15) is 9.59 Å². The van der Waals surface area contributed by atoms with Crippen molar-refractivity contribution in [1.29, 1.82) is 0 Å². The normalized spacial score (nSPS) is 10.5. The number of anilines is 1. The van der Waals surface area contributed by atoms with Crippen molar-refractivity contribution < 1.29 is 18.8 Å². The molecule has 0 saturated heterocycles. The van der Waals surface area contributed by atoms with Gasteiger partial charge >= 0.3 is 5.97 Å². The third kappa shape index (κ3) is 2.96. The van der Waals surface area contributed by atoms with Gasteiger partial charge in [-0.1, -0.05) is 5.16 Å². The van der Waals surface area contributed by atoms with Gasteiger partial charge in [-0.3, -0.25) is 4.79 Å². The maximum atomic E-state index is 12.2. The van der Waals surface area contributed by atoms with Crippen LogP contribution in [-0.4, -0.2) is 28.2 Å². The lowest BCUT2D eigenvalue weighted by molar-refractivity contribution is 0.0515. The first-order chi connectivity index (χ1) is 9.93. The molecule has 0 atom stereocenters. The van der Waals surface area contributed by atoms with Crippen molar-refractivity contribution in [2.75, 3.05) is 11.9 Å². The van der Waals surface area contributed by atoms with Gasteiger partial charge in [0.15, 0.2) is 0 Å². The molecule has 1 N–H and O–H groups in total. The number of nitrogens with one attached hydrogen (secondary N) is 1. The van der Waals surface area contributed by atoms with E-state index in [-0.39, 0.29) is 5.91 Å². The predicted molar refractivity (Wildman–Crippen MR) is 75.3 cm³/mol. The zero-order chi connectivity index (χ0) is 15.6. The number of ether oxygens (including phenoxy) is 1. The molecule has 0 aromatic carbocycles. The second kappa shape index (κ2) is 5.82. The van der Waals surface area contributed by atoms with Crippen LogP contribution in [0.4, 0.5) is 5.69 Å². The summed E-state index contributed by atoms with van der Waals surface area (Å²) in [6.45, 7) is 5.40. The van der Waals surface area contributed by atoms with Crippen molar-refractivity contribution in [2.24, 2.45) is 7.05 Å². The number of esters is 1. The molecule has 21 heavy (non-hydrogen) atoms. The highest BCUT2D eigenvalue weighted by atomic mass is 16.5. The van der Waals surface area contributed by atoms with Crippen LogP contribution in [0.15, 0.2) is 16.8 Å². The maximum absolute atomic E-state index is 12.2. The molecule has 0 radical (unpaired) electrons. The summed E-state index contributed by atoms with van der Waals surface area (Å²) in [5, 5.41) is 6.46. The van der Waals surface area contributed by atoms with E-state index < -0.39 is 5.97 Å². The van der Waals surface area contributed by atoms with Crippen LogP contribution < -0.4 is 5.32 Å². The molecule has 0 aliphatic rings. The Labute approximate surface area is 121 Å². The van der Waals surface area contributed by atoms with Crippen molar-refractivity contribution in [3.8, 4) is 0 Å². The van der Waals surface area contributed by atoms with Crippen LogP contribution in [0, 0.1) is 13.8 Å². The van der Waals surface area contributed by atoms with Crippen LogP contribution in [-0.2, 0) is 11.8 Å². The van der Waals surface area contributed by atoms with Gasteiger partial charge in [0.2, 0.25) is 0 Å². The van der Waals surface area contributed by atoms with Crippen LogP contribution in [0.1, 0.15) is 39.2 Å². The van der Waals surface area contributed by atoms with E-state index in [1.54, 1.807) is 44.6 Å². The highest BCUT2D eigenvalue weighted by Gasteiger charge is 2.19. The Morgan fingerprint density at radius 1 is 1.43 bits per heavy atom. The minimum Gasteiger partial charge on any atom is -0.461 e. The van der Waals surface area contributed by atoms with Gasteiger partial charge in [0.05, 0.1) is 18.0 Å². The Morgan fingerprint density at radius 3 is 2.71 bits per heavy atom. The molecule has 2 aromatic rings. The van der Waals surface area contributed by atoms with E-state index in [2.05, 4.69) is 10.5 Å². The second-order valence-electron chi connectivity index (χ2n) is 4.60. The molecule has 2 heterocycles. The molecule has 0 unspecified atom stereocenters. The van der Waals surface area contributed by atoms with Gasteiger partial charge in [-0.15, -0.1) is 0 Å². The summed E-state index contributed by atoms with van der Waals surface area (Å²) in [4.78, 5) is 23.9. The van der Waals surface area contributed by atoms with Crippen LogP contribution >= 0.6 is 0 Å². The number of nitrogens with zero attached hydrogens (tertiary/aromatic N) is 2. The zero-order valence-electron chi connectivity index (χ0n) is 12.4. The van der Waals surface area contributed by atoms with Crippen molar-refractivity contribution in [3.63, 3.8) is 0 Å². The summed E-state index contributed by atoms with van der Waals surface area (Å²) in [7, 11) is 1.71. The molecule has 2 rings (SSSR count). The Kier molecular flexibility index (Phi) is 4.11. The topological polar surface area (TPSA) is 86.4 Å². The fourth-order valence-electron chi connectivity index (χ4n) is 2.04. The Bertz CT molecular complexity index is 665. The number of carbonyl (C=O) groups is 2. The number of hydrogen-bond donors (Lipinski definition) is 1. The Balaban J connectivity index is 2.19. The third-order valence-corrected chi connectivity index (χ3v) is 3.01. The standard InChI is InChI=1S/C14H17N3O4/c1-5-20-14(19)11-6-10(7-17(11)4)15-13(18)12-8(2)16-21-9(12)3/h6-7H,5H2,1-4H3,(H,15,18). The smallest absolute Gasteiger partial charge is 0.355 e. The summed E-state index contributed by atoms with van der Waals surface area (Å²) in [6.07, 6.45) is 1.64. The molecule has 1 amide bonds. The molecule has 2 aromatic heterocycles. The molecule has 0 bridgehead atoms. The van der Waals surface area contributed by atoms with Crippen molar-refractivity contribution in [2.45, 2.75) is 20.8 Å². The first kappa shape index (κ1) is 14.8. The first-order valence-corrected chi connectivity index (χ1v) is 6.51. The van der Waals surface area contributed by atoms with Crippen LogP contribution in [0.5, 0.6) is 0 Å². The van der Waals surface area contributed by atoms with Gasteiger partial charge in [-0.25, -0.2) is 4.79 Å². The first-order valence-electron chi connectivity index (χ1n) is 6.51. The molecule has 0 fully saturated rings. The van der Waals surface area contributed by atoms with Gasteiger partial charge in [-0.05, 0) is 26.8 Å². The maximum Gasteiger partial charge on any atom is 0.355 e. The van der Waals surface area contributed by atoms with Crippen LogP contribution in [0.2, 0.25) is 0 Å². The zero-order valence-corrected chi connectivity index (χ0v) is 12.4. The largest absolute Gasteiger partial charge is 0.461 e. The van der Waals surface area contributed by atoms with E-state index in [0.717, 1.165) is 0 Å². The number of carbonyl (C=O) groups excluding carboxylic acids is 2. The van der Waals surface area contributed by atoms with Gasteiger partial charge < -0.3 is 19.1 Å². The Hall–Kier alpha value is -2.57. The van der Waals surface area contributed by atoms with E-state index in [4.69, 9.17) is 9.26 Å². The molecular formula is C14H17N3O4. The van der Waals surface area contributed by atoms with Gasteiger partial charge in [0.1, 0.15) is 17.0 Å². The summed E-state index contributed by atoms with van der Waals surface area (Å²) >= 11 is 0. The monoisotopic (exact) mass is 291 g/mol. The lowest BCUT2D eigenvalue weighted by atomic mass is 10.2. The number of aryl methyl sites for hydroxylation is 3. The number of hydrogen-bond acceptors (Lipinski definition) is 5. The fraction of sp³-hybridized carbons (Fsp3) is 0.357. The van der Waals surface area contributed by atoms with Crippen molar-refractivity contribution in [1.82, 2.24) is 9.72 Å². The third-order valence-electron chi connectivity index (χ3n) is 3.01. The van der Waals surface area contributed by atoms with Crippen LogP contribution in [0.3, 0.4) is 0 Å². The number of rotatable bonds is 4. The SMILES string of the molecule is CCOC(=O)c1cc(NC(=O)c2c(C)noc2C)cn1C. The minimum absolute atomic E-state index is 0.296.